The minimum Gasteiger partial charge on any atom is -0.463 e. The highest BCUT2D eigenvalue weighted by Crippen LogP contribution is 2.15. The summed E-state index contributed by atoms with van der Waals surface area (Å²) in [6, 6.07) is 1.72. The molecule has 0 aromatic carbocycles. The van der Waals surface area contributed by atoms with E-state index in [9.17, 15) is 9.59 Å². The van der Waals surface area contributed by atoms with Gasteiger partial charge in [0.05, 0.1) is 7.11 Å². The molecule has 6 heteroatoms. The molecule has 90 valence electrons. The molecular weight excluding hydrogens is 222 g/mol. The molecule has 1 fully saturated rings. The van der Waals surface area contributed by atoms with Crippen LogP contribution in [0.1, 0.15) is 23.5 Å². The maximum atomic E-state index is 11.3. The van der Waals surface area contributed by atoms with E-state index in [1.165, 1.54) is 13.3 Å². The molecule has 1 aromatic rings. The number of methoxy groups -OCH3 is 1. The van der Waals surface area contributed by atoms with Gasteiger partial charge in [-0.2, -0.15) is 0 Å². The van der Waals surface area contributed by atoms with Crippen molar-refractivity contribution in [2.24, 2.45) is 0 Å². The molecule has 0 saturated carbocycles. The van der Waals surface area contributed by atoms with E-state index in [1.54, 1.807) is 6.07 Å². The summed E-state index contributed by atoms with van der Waals surface area (Å²) in [4.78, 5) is 32.3. The van der Waals surface area contributed by atoms with Gasteiger partial charge in [-0.1, -0.05) is 0 Å². The van der Waals surface area contributed by atoms with Crippen molar-refractivity contribution < 1.29 is 14.3 Å². The maximum absolute atomic E-state index is 11.3. The van der Waals surface area contributed by atoms with Gasteiger partial charge in [-0.05, 0) is 6.07 Å². The zero-order valence-electron chi connectivity index (χ0n) is 9.55. The Morgan fingerprint density at radius 2 is 2.12 bits per heavy atom. The van der Waals surface area contributed by atoms with Crippen molar-refractivity contribution in [2.75, 3.05) is 25.1 Å². The first-order chi connectivity index (χ1) is 8.20. The fourth-order valence-corrected chi connectivity index (χ4v) is 1.70. The highest BCUT2D eigenvalue weighted by atomic mass is 16.5. The first-order valence-corrected chi connectivity index (χ1v) is 5.38. The summed E-state index contributed by atoms with van der Waals surface area (Å²) in [6.45, 7) is 1.27. The van der Waals surface area contributed by atoms with Crippen LogP contribution in [0.15, 0.2) is 12.3 Å². The molecule has 1 aliphatic heterocycles. The molecule has 17 heavy (non-hydrogen) atoms. The van der Waals surface area contributed by atoms with E-state index in [4.69, 9.17) is 0 Å². The molecule has 6 nitrogen and oxygen atoms in total. The number of carbonyl (C=O) groups is 2. The van der Waals surface area contributed by atoms with Crippen LogP contribution < -0.4 is 4.90 Å². The van der Waals surface area contributed by atoms with Crippen molar-refractivity contribution >= 4 is 17.6 Å². The average molecular weight is 235 g/mol. The molecule has 1 aliphatic rings. The van der Waals surface area contributed by atoms with Crippen molar-refractivity contribution in [3.63, 3.8) is 0 Å². The number of rotatable bonds is 2. The minimum absolute atomic E-state index is 0.0434. The SMILES string of the molecule is COC(=O)c1nccc(N2CCC(=O)CC2)n1. The van der Waals surface area contributed by atoms with Crippen LogP contribution in [0.5, 0.6) is 0 Å². The van der Waals surface area contributed by atoms with Gasteiger partial charge >= 0.3 is 5.97 Å². The summed E-state index contributed by atoms with van der Waals surface area (Å²) in [7, 11) is 1.29. The molecule has 1 aromatic heterocycles. The molecule has 2 heterocycles. The minimum atomic E-state index is -0.556. The van der Waals surface area contributed by atoms with Crippen LogP contribution in [0.25, 0.3) is 0 Å². The number of ether oxygens (including phenoxy) is 1. The zero-order chi connectivity index (χ0) is 12.3. The van der Waals surface area contributed by atoms with E-state index in [0.29, 0.717) is 31.7 Å². The lowest BCUT2D eigenvalue weighted by atomic mass is 10.1. The van der Waals surface area contributed by atoms with Crippen LogP contribution in [-0.2, 0) is 9.53 Å². The molecule has 0 amide bonds. The van der Waals surface area contributed by atoms with Gasteiger partial charge in [0.2, 0.25) is 5.82 Å². The highest BCUT2D eigenvalue weighted by molar-refractivity contribution is 5.85. The number of nitrogens with zero attached hydrogens (tertiary/aromatic N) is 3. The van der Waals surface area contributed by atoms with Crippen LogP contribution in [0.2, 0.25) is 0 Å². The molecule has 0 N–H and O–H groups in total. The summed E-state index contributed by atoms with van der Waals surface area (Å²) in [5, 5.41) is 0. The fourth-order valence-electron chi connectivity index (χ4n) is 1.70. The molecule has 0 unspecified atom stereocenters. The van der Waals surface area contributed by atoms with Crippen LogP contribution in [0.4, 0.5) is 5.82 Å². The van der Waals surface area contributed by atoms with Gasteiger partial charge in [-0.3, -0.25) is 4.79 Å². The lowest BCUT2D eigenvalue weighted by Crippen LogP contribution is -2.34. The monoisotopic (exact) mass is 235 g/mol. The Morgan fingerprint density at radius 1 is 1.41 bits per heavy atom. The number of Topliss-reactive ketones (excluding diaryl/α,β-unsaturated/α-hetero) is 1. The van der Waals surface area contributed by atoms with Crippen LogP contribution in [-0.4, -0.2) is 41.9 Å². The van der Waals surface area contributed by atoms with Crippen LogP contribution in [0.3, 0.4) is 0 Å². The second-order valence-electron chi connectivity index (χ2n) is 3.76. The molecular formula is C11H13N3O3. The summed E-state index contributed by atoms with van der Waals surface area (Å²) >= 11 is 0. The smallest absolute Gasteiger partial charge is 0.376 e. The second-order valence-corrected chi connectivity index (χ2v) is 3.76. The number of ketones is 1. The van der Waals surface area contributed by atoms with Gasteiger partial charge in [-0.15, -0.1) is 0 Å². The molecule has 0 atom stereocenters. The Bertz CT molecular complexity index is 437. The predicted molar refractivity (Wildman–Crippen MR) is 59.8 cm³/mol. The highest BCUT2D eigenvalue weighted by Gasteiger charge is 2.19. The van der Waals surface area contributed by atoms with Gasteiger partial charge < -0.3 is 9.64 Å². The van der Waals surface area contributed by atoms with Crippen LogP contribution >= 0.6 is 0 Å². The first kappa shape index (κ1) is 11.5. The Hall–Kier alpha value is -1.98. The Kier molecular flexibility index (Phi) is 3.32. The third-order valence-corrected chi connectivity index (χ3v) is 2.65. The molecule has 0 aliphatic carbocycles. The van der Waals surface area contributed by atoms with E-state index in [0.717, 1.165) is 0 Å². The van der Waals surface area contributed by atoms with Crippen molar-refractivity contribution in [1.29, 1.82) is 0 Å². The van der Waals surface area contributed by atoms with Gasteiger partial charge in [0.15, 0.2) is 0 Å². The standard InChI is InChI=1S/C11H13N3O3/c1-17-11(16)10-12-5-2-9(13-10)14-6-3-8(15)4-7-14/h2,5H,3-4,6-7H2,1H3. The number of esters is 1. The number of carbonyl (C=O) groups excluding carboxylic acids is 2. The number of hydrogen-bond acceptors (Lipinski definition) is 6. The molecule has 0 radical (unpaired) electrons. The fraction of sp³-hybridized carbons (Fsp3) is 0.455. The van der Waals surface area contributed by atoms with E-state index in [-0.39, 0.29) is 11.6 Å². The largest absolute Gasteiger partial charge is 0.463 e. The van der Waals surface area contributed by atoms with E-state index in [1.807, 2.05) is 4.90 Å². The molecule has 0 spiro atoms. The zero-order valence-corrected chi connectivity index (χ0v) is 9.55. The number of anilines is 1. The van der Waals surface area contributed by atoms with Crippen molar-refractivity contribution in [3.8, 4) is 0 Å². The van der Waals surface area contributed by atoms with Crippen LogP contribution in [0, 0.1) is 0 Å². The summed E-state index contributed by atoms with van der Waals surface area (Å²) in [6.07, 6.45) is 2.57. The normalized spacial score (nSPS) is 15.8. The third-order valence-electron chi connectivity index (χ3n) is 2.65. The molecule has 0 bridgehead atoms. The lowest BCUT2D eigenvalue weighted by Gasteiger charge is -2.26. The second kappa shape index (κ2) is 4.90. The van der Waals surface area contributed by atoms with Gasteiger partial charge in [0, 0.05) is 32.1 Å². The number of piperidine rings is 1. The quantitative estimate of drug-likeness (QED) is 0.692. The lowest BCUT2D eigenvalue weighted by molar-refractivity contribution is -0.119. The topological polar surface area (TPSA) is 72.4 Å². The van der Waals surface area contributed by atoms with Gasteiger partial charge in [0.1, 0.15) is 11.6 Å². The molecule has 2 rings (SSSR count). The van der Waals surface area contributed by atoms with E-state index in [2.05, 4.69) is 14.7 Å². The number of aromatic nitrogens is 2. The Balaban J connectivity index is 2.16. The summed E-state index contributed by atoms with van der Waals surface area (Å²) in [5.41, 5.74) is 0. The molecule has 1 saturated heterocycles. The van der Waals surface area contributed by atoms with Crippen molar-refractivity contribution in [2.45, 2.75) is 12.8 Å². The first-order valence-electron chi connectivity index (χ1n) is 5.38. The van der Waals surface area contributed by atoms with Gasteiger partial charge in [0.25, 0.3) is 0 Å². The summed E-state index contributed by atoms with van der Waals surface area (Å²) < 4.78 is 4.56. The predicted octanol–water partition coefficient (Wildman–Crippen LogP) is 0.433. The van der Waals surface area contributed by atoms with Gasteiger partial charge in [-0.25, -0.2) is 14.8 Å². The Morgan fingerprint density at radius 3 is 2.76 bits per heavy atom. The number of hydrogen-bond donors (Lipinski definition) is 0. The summed E-state index contributed by atoms with van der Waals surface area (Å²) in [5.74, 6) is 0.415. The maximum Gasteiger partial charge on any atom is 0.376 e. The van der Waals surface area contributed by atoms with E-state index < -0.39 is 5.97 Å². The Labute approximate surface area is 98.6 Å². The average Bonchev–Trinajstić information content (AvgIpc) is 2.39. The van der Waals surface area contributed by atoms with Crippen molar-refractivity contribution in [3.05, 3.63) is 18.1 Å². The third kappa shape index (κ3) is 2.58. The van der Waals surface area contributed by atoms with E-state index >= 15 is 0 Å². The van der Waals surface area contributed by atoms with Crippen molar-refractivity contribution in [1.82, 2.24) is 9.97 Å².